The monoisotopic (exact) mass is 1410 g/mol. The van der Waals surface area contributed by atoms with Crippen LogP contribution in [0.1, 0.15) is 147 Å². The third-order valence-electron chi connectivity index (χ3n) is 18.8. The summed E-state index contributed by atoms with van der Waals surface area (Å²) in [5.74, 6) is -3.29. The van der Waals surface area contributed by atoms with Crippen molar-refractivity contribution >= 4 is 97.7 Å². The Hall–Kier alpha value is -10.9. The molecule has 3 saturated carbocycles. The highest BCUT2D eigenvalue weighted by atomic mass is 16.5. The van der Waals surface area contributed by atoms with Gasteiger partial charge in [-0.25, -0.2) is 19.7 Å². The second-order valence-corrected chi connectivity index (χ2v) is 26.6. The number of carboxylic acid groups (broad SMARTS) is 1. The van der Waals surface area contributed by atoms with Crippen molar-refractivity contribution in [1.29, 1.82) is 5.26 Å². The fourth-order valence-corrected chi connectivity index (χ4v) is 12.6. The number of aromatic amines is 3. The zero-order chi connectivity index (χ0) is 73.1. The van der Waals surface area contributed by atoms with Gasteiger partial charge in [0.1, 0.15) is 47.3 Å². The van der Waals surface area contributed by atoms with Gasteiger partial charge >= 0.3 is 5.97 Å². The molecule has 102 heavy (non-hydrogen) atoms. The topological polar surface area (TPSA) is 520 Å². The van der Waals surface area contributed by atoms with E-state index in [0.717, 1.165) is 57.8 Å². The highest BCUT2D eigenvalue weighted by Gasteiger charge is 2.38. The third-order valence-corrected chi connectivity index (χ3v) is 18.8. The van der Waals surface area contributed by atoms with Gasteiger partial charge in [0.05, 0.1) is 66.1 Å². The molecule has 3 aliphatic carbocycles. The number of fused-ring (bicyclic) bond motifs is 3. The van der Waals surface area contributed by atoms with Gasteiger partial charge < -0.3 is 94.0 Å². The van der Waals surface area contributed by atoms with Gasteiger partial charge in [-0.15, -0.1) is 0 Å². The number of aromatic nitrogens is 6. The number of methoxy groups -OCH3 is 3. The Kier molecular flexibility index (Phi) is 26.1. The van der Waals surface area contributed by atoms with Gasteiger partial charge in [0.2, 0.25) is 64.9 Å². The number of nitrogens with zero attached hydrogens (tertiary/aromatic N) is 4. The number of rotatable bonds is 28. The van der Waals surface area contributed by atoms with Crippen LogP contribution in [0.15, 0.2) is 55.0 Å². The van der Waals surface area contributed by atoms with Crippen molar-refractivity contribution in [1.82, 2.24) is 72.4 Å². The largest absolute Gasteiger partial charge is 0.481 e. The Morgan fingerprint density at radius 1 is 0.500 bits per heavy atom. The number of aromatic carboxylic acids is 1. The minimum absolute atomic E-state index is 0.0796. The number of hydrogen-bond acceptors (Lipinski definition) is 19. The molecule has 0 spiro atoms. The Morgan fingerprint density at radius 3 is 1.21 bits per heavy atom. The van der Waals surface area contributed by atoms with Crippen LogP contribution in [-0.4, -0.2) is 177 Å². The molecule has 0 bridgehead atoms. The smallest absolute Gasteiger partial charge is 0.352 e. The Labute approximate surface area is 586 Å². The average Bonchev–Trinajstić information content (AvgIpc) is 1.67. The molecule has 3 saturated heterocycles. The number of pyridine rings is 3. The van der Waals surface area contributed by atoms with Crippen LogP contribution in [0.5, 0.6) is 17.6 Å². The molecule has 33 nitrogen and oxygen atoms in total. The molecule has 10 amide bonds. The van der Waals surface area contributed by atoms with Gasteiger partial charge in [0, 0.05) is 56.0 Å². The minimum atomic E-state index is -0.997. The van der Waals surface area contributed by atoms with E-state index in [4.69, 9.17) is 36.5 Å². The maximum atomic E-state index is 13.1. The van der Waals surface area contributed by atoms with E-state index in [1.807, 2.05) is 0 Å². The number of carbonyl (C=O) groups excluding carboxylic acids is 10. The molecule has 33 heteroatoms. The normalized spacial score (nSPS) is 19.5. The molecule has 9 heterocycles. The van der Waals surface area contributed by atoms with Crippen LogP contribution in [0.25, 0.3) is 32.7 Å². The second kappa shape index (κ2) is 35.4. The van der Waals surface area contributed by atoms with Crippen LogP contribution >= 0.6 is 0 Å². The highest BCUT2D eigenvalue weighted by Crippen LogP contribution is 2.36. The fourth-order valence-electron chi connectivity index (χ4n) is 12.6. The molecule has 18 N–H and O–H groups in total. The van der Waals surface area contributed by atoms with E-state index in [1.165, 1.54) is 27.4 Å². The van der Waals surface area contributed by atoms with E-state index in [1.54, 1.807) is 48.9 Å². The standard InChI is InChI=1S/C23H30N6O5.C23H28N6O4.C14H24N4O3.C9H8N2O3/c1-34-23-14-11-18(27-15(14)6-8-26-23)22(33)29-17(9-12-4-5-12)21(32)28-16(19(24)30)10-13-3-2-7-25-20(13)31;1-33-23-16-11-19(28-17(16)6-8-26-23)22(32)29-18(9-13-4-5-13)21(31)27-15(12-24)10-14-3-2-7-25-20(14)30;15-10(6-8-3-4-8)14(21)18-11(12(16)19)7-9-2-1-5-17-13(9)20;1-14-8-5-4-7(9(12)13)11-6(5)2-3-10-8/h6,8,11-13,16-17,27H,2-5,7,9-10H2,1H3,(H2,24,30)(H,25,31)(H,28,32)(H,29,33);6,8,11,13-15,18,28H,2-5,7,9-10H2,1H3,(H,25,30)(H,27,31)(H,29,32);8-11H,1-7,15H2,(H2,16,19)(H,17,20)(H,18,21);2-4,11H,1H3,(H,12,13)/t13-,16-,17-;14-,15-,18-;9-,10-,11-;/m000./s1. The lowest BCUT2D eigenvalue weighted by atomic mass is 9.91. The molecule has 6 aromatic rings. The highest BCUT2D eigenvalue weighted by molar-refractivity contribution is 6.03. The number of hydrogen-bond donors (Lipinski definition) is 15. The summed E-state index contributed by atoms with van der Waals surface area (Å²) < 4.78 is 15.5. The van der Waals surface area contributed by atoms with Gasteiger partial charge in [-0.3, -0.25) is 47.9 Å². The van der Waals surface area contributed by atoms with Gasteiger partial charge in [0.15, 0.2) is 0 Å². The average molecular weight is 1410 g/mol. The molecule has 3 aliphatic heterocycles. The van der Waals surface area contributed by atoms with E-state index in [-0.39, 0.29) is 66.1 Å². The predicted molar refractivity (Wildman–Crippen MR) is 368 cm³/mol. The van der Waals surface area contributed by atoms with Crippen molar-refractivity contribution in [3.8, 4) is 23.7 Å². The van der Waals surface area contributed by atoms with Crippen LogP contribution in [0.3, 0.4) is 0 Å². The van der Waals surface area contributed by atoms with E-state index in [2.05, 4.69) is 78.5 Å². The number of carbonyl (C=O) groups is 11. The number of amides is 10. The maximum absolute atomic E-state index is 13.1. The van der Waals surface area contributed by atoms with Crippen molar-refractivity contribution in [3.63, 3.8) is 0 Å². The Bertz CT molecular complexity index is 4080. The number of nitriles is 1. The summed E-state index contributed by atoms with van der Waals surface area (Å²) in [7, 11) is 4.50. The number of ether oxygens (including phenoxy) is 3. The number of piperidine rings is 3. The quantitative estimate of drug-likeness (QED) is 0.0334. The fraction of sp³-hybridized carbons (Fsp3) is 0.522. The number of carboxylic acids is 1. The van der Waals surface area contributed by atoms with Crippen LogP contribution < -0.4 is 73.9 Å². The first-order valence-electron chi connectivity index (χ1n) is 34.4. The van der Waals surface area contributed by atoms with Crippen LogP contribution in [-0.2, 0) is 38.4 Å². The lowest BCUT2D eigenvalue weighted by Gasteiger charge is -2.27. The van der Waals surface area contributed by atoms with Crippen molar-refractivity contribution in [2.24, 2.45) is 52.7 Å². The summed E-state index contributed by atoms with van der Waals surface area (Å²) in [6.07, 6.45) is 17.7. The van der Waals surface area contributed by atoms with Crippen molar-refractivity contribution in [3.05, 3.63) is 72.1 Å². The molecule has 6 fully saturated rings. The first-order valence-corrected chi connectivity index (χ1v) is 34.4. The molecule has 0 radical (unpaired) electrons. The van der Waals surface area contributed by atoms with E-state index in [9.17, 15) is 58.0 Å². The molecule has 12 rings (SSSR count). The molecular weight excluding hydrogens is 1320 g/mol. The number of H-pyrrole nitrogens is 3. The van der Waals surface area contributed by atoms with E-state index < -0.39 is 83.6 Å². The first kappa shape index (κ1) is 75.3. The van der Waals surface area contributed by atoms with Gasteiger partial charge in [-0.2, -0.15) is 5.26 Å². The Balaban J connectivity index is 0.000000166. The first-order chi connectivity index (χ1) is 49.0. The summed E-state index contributed by atoms with van der Waals surface area (Å²) in [6.45, 7) is 1.91. The zero-order valence-corrected chi connectivity index (χ0v) is 57.2. The van der Waals surface area contributed by atoms with Gasteiger partial charge in [-0.1, -0.05) is 38.5 Å². The number of nitrogens with one attached hydrogen (secondary N) is 11. The summed E-state index contributed by atoms with van der Waals surface area (Å²) in [6, 6.07) is 7.16. The lowest BCUT2D eigenvalue weighted by Crippen LogP contribution is -2.54. The van der Waals surface area contributed by atoms with Crippen LogP contribution in [0, 0.1) is 46.8 Å². The van der Waals surface area contributed by atoms with Crippen molar-refractivity contribution in [2.75, 3.05) is 41.0 Å². The minimum Gasteiger partial charge on any atom is -0.481 e. The molecule has 9 atom stereocenters. The number of nitrogens with two attached hydrogens (primary N) is 3. The molecule has 546 valence electrons. The molecule has 0 unspecified atom stereocenters. The number of primary amides is 2. The third kappa shape index (κ3) is 21.1. The summed E-state index contributed by atoms with van der Waals surface area (Å²) in [5.41, 5.74) is 19.5. The molecule has 6 aliphatic rings. The Morgan fingerprint density at radius 2 is 0.853 bits per heavy atom. The molecule has 0 aromatic carbocycles. The van der Waals surface area contributed by atoms with E-state index >= 15 is 0 Å². The SMILES string of the molecule is COc1nccc2[nH]c(C(=O)N[C@@H](CC3CC3)C(=O)N[C@@H](C[C@@H]3CCCNC3=O)C(N)=O)cc12.COc1nccc2[nH]c(C(=O)N[C@@H](CC3CC3)C(=O)N[C@H](C#N)C[C@@H]3CCCNC3=O)cc12.COc1nccc2[nH]c(C(=O)O)cc12.NC(=O)[C@H](C[C@@H]1CCCNC1=O)NC(=O)[C@@H](N)CC1CC1. The van der Waals surface area contributed by atoms with Gasteiger partial charge in [-0.05, 0) is 131 Å². The van der Waals surface area contributed by atoms with Crippen molar-refractivity contribution < 1.29 is 72.1 Å². The summed E-state index contributed by atoms with van der Waals surface area (Å²) in [5, 5.41) is 42.2. The van der Waals surface area contributed by atoms with Gasteiger partial charge in [0.25, 0.3) is 11.8 Å². The van der Waals surface area contributed by atoms with Crippen LogP contribution in [0.2, 0.25) is 0 Å². The van der Waals surface area contributed by atoms with E-state index in [0.29, 0.717) is 132 Å². The molecule has 6 aromatic heterocycles. The summed E-state index contributed by atoms with van der Waals surface area (Å²) >= 11 is 0. The van der Waals surface area contributed by atoms with Crippen molar-refractivity contribution in [2.45, 2.75) is 152 Å². The zero-order valence-electron chi connectivity index (χ0n) is 57.2. The summed E-state index contributed by atoms with van der Waals surface area (Å²) in [4.78, 5) is 155. The predicted octanol–water partition coefficient (Wildman–Crippen LogP) is 2.02. The second-order valence-electron chi connectivity index (χ2n) is 26.6. The molecular formula is C69H90N18O15. The maximum Gasteiger partial charge on any atom is 0.352 e. The lowest BCUT2D eigenvalue weighted by molar-refractivity contribution is -0.131. The van der Waals surface area contributed by atoms with Crippen LogP contribution in [0.4, 0.5) is 0 Å².